The first-order valence-electron chi connectivity index (χ1n) is 18.6. The molecule has 3 aromatic carbocycles. The SMILES string of the molecule is CN(C)CCCCNC(=O)c1cn2c3c(c(N4CC[C@@H](NC(=O)CCN5CCN(C)CC5)C4)c(F)cc3c1=O)Oc1cc3c(cc1-2)oc1ccccc13. The second-order valence-electron chi connectivity index (χ2n) is 14.9. The number of ether oxygens (including phenoxy) is 1. The fourth-order valence-corrected chi connectivity index (χ4v) is 7.84. The van der Waals surface area contributed by atoms with Gasteiger partial charge in [0.1, 0.15) is 27.9 Å². The van der Waals surface area contributed by atoms with Crippen LogP contribution in [0.3, 0.4) is 0 Å². The number of carbonyl (C=O) groups is 2. The lowest BCUT2D eigenvalue weighted by Gasteiger charge is -2.32. The first-order chi connectivity index (χ1) is 25.6. The lowest BCUT2D eigenvalue weighted by atomic mass is 10.0. The van der Waals surface area contributed by atoms with E-state index in [1.54, 1.807) is 4.57 Å². The molecule has 2 fully saturated rings. The molecule has 0 unspecified atom stereocenters. The molecule has 3 aliphatic rings. The van der Waals surface area contributed by atoms with Gasteiger partial charge >= 0.3 is 0 Å². The molecular weight excluding hydrogens is 677 g/mol. The third-order valence-electron chi connectivity index (χ3n) is 10.8. The standard InChI is InChI=1S/C40H46FN7O5/c1-44(2)13-7-6-12-42-40(51)29-24-48-31-22-33-27(26-8-4-5-9-32(26)52-33)21-34(31)53-39-36(48)28(38(29)50)20-30(41)37(39)47-15-10-25(23-47)43-35(49)11-14-46-18-16-45(3)17-19-46/h4-5,8-9,20-22,24-25H,6-7,10-19,23H2,1-3H3,(H,42,51)(H,43,49)/t25-/m1/s1. The number of hydrogen-bond donors (Lipinski definition) is 2. The van der Waals surface area contributed by atoms with Crippen molar-refractivity contribution in [2.75, 3.05) is 84.9 Å². The Bertz CT molecular complexity index is 2280. The highest BCUT2D eigenvalue weighted by Crippen LogP contribution is 2.49. The van der Waals surface area contributed by atoms with Gasteiger partial charge in [-0.15, -0.1) is 0 Å². The van der Waals surface area contributed by atoms with Crippen LogP contribution in [0.25, 0.3) is 38.5 Å². The Morgan fingerprint density at radius 1 is 0.981 bits per heavy atom. The fourth-order valence-electron chi connectivity index (χ4n) is 7.84. The van der Waals surface area contributed by atoms with E-state index in [2.05, 4.69) is 32.4 Å². The van der Waals surface area contributed by atoms with E-state index >= 15 is 4.39 Å². The largest absolute Gasteiger partial charge is 0.456 e. The Hall–Kier alpha value is -4.98. The smallest absolute Gasteiger partial charge is 0.256 e. The summed E-state index contributed by atoms with van der Waals surface area (Å²) >= 11 is 0. The molecule has 2 saturated heterocycles. The average molecular weight is 724 g/mol. The average Bonchev–Trinajstić information content (AvgIpc) is 3.75. The number of amides is 2. The fraction of sp³-hybridized carbons (Fsp3) is 0.425. The van der Waals surface area contributed by atoms with E-state index in [1.165, 1.54) is 12.3 Å². The van der Waals surface area contributed by atoms with E-state index < -0.39 is 17.2 Å². The van der Waals surface area contributed by atoms with Gasteiger partial charge in [-0.25, -0.2) is 4.39 Å². The summed E-state index contributed by atoms with van der Waals surface area (Å²) in [6, 6.07) is 12.5. The Balaban J connectivity index is 1.13. The summed E-state index contributed by atoms with van der Waals surface area (Å²) in [5.74, 6) is -0.515. The first-order valence-corrected chi connectivity index (χ1v) is 18.6. The van der Waals surface area contributed by atoms with Gasteiger partial charge in [0.25, 0.3) is 5.91 Å². The Labute approximate surface area is 307 Å². The van der Waals surface area contributed by atoms with Crippen molar-refractivity contribution in [3.8, 4) is 17.2 Å². The second-order valence-corrected chi connectivity index (χ2v) is 14.9. The maximum absolute atomic E-state index is 16.5. The van der Waals surface area contributed by atoms with Gasteiger partial charge in [0, 0.05) is 87.9 Å². The zero-order valence-corrected chi connectivity index (χ0v) is 30.5. The van der Waals surface area contributed by atoms with Crippen LogP contribution in [0.2, 0.25) is 0 Å². The molecule has 0 aliphatic carbocycles. The van der Waals surface area contributed by atoms with Crippen molar-refractivity contribution in [2.24, 2.45) is 0 Å². The molecule has 12 nitrogen and oxygen atoms in total. The van der Waals surface area contributed by atoms with Gasteiger partial charge in [0.05, 0.1) is 11.1 Å². The summed E-state index contributed by atoms with van der Waals surface area (Å²) in [7, 11) is 6.10. The lowest BCUT2D eigenvalue weighted by molar-refractivity contribution is -0.122. The number of furan rings is 1. The molecule has 0 bridgehead atoms. The molecule has 2 amide bonds. The minimum Gasteiger partial charge on any atom is -0.456 e. The van der Waals surface area contributed by atoms with E-state index in [-0.39, 0.29) is 34.3 Å². The number of pyridine rings is 1. The summed E-state index contributed by atoms with van der Waals surface area (Å²) in [5.41, 5.74) is 1.83. The number of para-hydroxylation sites is 1. The number of nitrogens with one attached hydrogen (secondary N) is 2. The zero-order valence-electron chi connectivity index (χ0n) is 30.5. The number of hydrogen-bond acceptors (Lipinski definition) is 9. The van der Waals surface area contributed by atoms with Gasteiger partial charge in [-0.05, 0) is 65.1 Å². The van der Waals surface area contributed by atoms with Crippen molar-refractivity contribution >= 4 is 50.3 Å². The highest BCUT2D eigenvalue weighted by Gasteiger charge is 2.34. The van der Waals surface area contributed by atoms with Crippen molar-refractivity contribution < 1.29 is 23.1 Å². The van der Waals surface area contributed by atoms with Crippen LogP contribution in [0.4, 0.5) is 10.1 Å². The van der Waals surface area contributed by atoms with Crippen LogP contribution in [0.5, 0.6) is 11.5 Å². The Morgan fingerprint density at radius 3 is 2.60 bits per heavy atom. The van der Waals surface area contributed by atoms with Crippen LogP contribution in [-0.2, 0) is 4.79 Å². The van der Waals surface area contributed by atoms with Crippen molar-refractivity contribution in [2.45, 2.75) is 31.7 Å². The quantitative estimate of drug-likeness (QED) is 0.186. The van der Waals surface area contributed by atoms with Crippen molar-refractivity contribution in [1.29, 1.82) is 0 Å². The number of aromatic nitrogens is 1. The van der Waals surface area contributed by atoms with Crippen LogP contribution >= 0.6 is 0 Å². The lowest BCUT2D eigenvalue weighted by Crippen LogP contribution is -2.46. The van der Waals surface area contributed by atoms with Gasteiger partial charge in [0.2, 0.25) is 11.3 Å². The number of nitrogens with zero attached hydrogens (tertiary/aromatic N) is 5. The summed E-state index contributed by atoms with van der Waals surface area (Å²) in [5, 5.41) is 7.84. The van der Waals surface area contributed by atoms with E-state index in [0.29, 0.717) is 67.1 Å². The molecule has 278 valence electrons. The van der Waals surface area contributed by atoms with Crippen molar-refractivity contribution in [3.63, 3.8) is 0 Å². The Kier molecular flexibility index (Phi) is 9.56. The molecule has 0 radical (unpaired) electrons. The topological polar surface area (TPSA) is 116 Å². The highest BCUT2D eigenvalue weighted by atomic mass is 19.1. The molecule has 0 spiro atoms. The molecule has 1 atom stereocenters. The van der Waals surface area contributed by atoms with E-state index in [9.17, 15) is 14.4 Å². The number of fused-ring (bicyclic) bond motifs is 5. The number of likely N-dealkylation sites (N-methyl/N-ethyl adjacent to an activating group) is 1. The van der Waals surface area contributed by atoms with Crippen LogP contribution in [-0.4, -0.2) is 117 Å². The number of piperazine rings is 1. The number of unbranched alkanes of at least 4 members (excludes halogenated alkanes) is 1. The van der Waals surface area contributed by atoms with Gasteiger partial charge in [0.15, 0.2) is 17.3 Å². The normalized spacial score (nSPS) is 17.5. The first kappa shape index (κ1) is 35.1. The minimum atomic E-state index is -0.627. The molecule has 0 saturated carbocycles. The third kappa shape index (κ3) is 6.84. The van der Waals surface area contributed by atoms with E-state index in [1.807, 2.05) is 55.4 Å². The summed E-state index contributed by atoms with van der Waals surface area (Å²) < 4.78 is 31.1. The molecule has 8 rings (SSSR count). The number of carbonyl (C=O) groups excluding carboxylic acids is 2. The predicted octanol–water partition coefficient (Wildman–Crippen LogP) is 4.54. The van der Waals surface area contributed by atoms with E-state index in [0.717, 1.165) is 56.3 Å². The molecule has 13 heteroatoms. The van der Waals surface area contributed by atoms with Gasteiger partial charge < -0.3 is 44.0 Å². The maximum Gasteiger partial charge on any atom is 0.256 e. The summed E-state index contributed by atoms with van der Waals surface area (Å²) in [6.07, 6.45) is 4.22. The van der Waals surface area contributed by atoms with Crippen LogP contribution in [0.1, 0.15) is 36.0 Å². The predicted molar refractivity (Wildman–Crippen MR) is 204 cm³/mol. The number of benzene rings is 3. The van der Waals surface area contributed by atoms with Gasteiger partial charge in [-0.2, -0.15) is 0 Å². The zero-order chi connectivity index (χ0) is 36.8. The molecule has 3 aliphatic heterocycles. The van der Waals surface area contributed by atoms with Crippen LogP contribution in [0, 0.1) is 5.82 Å². The maximum atomic E-state index is 16.5. The summed E-state index contributed by atoms with van der Waals surface area (Å²) in [6.45, 7) is 6.76. The highest BCUT2D eigenvalue weighted by molar-refractivity contribution is 6.07. The number of halogens is 1. The van der Waals surface area contributed by atoms with Crippen molar-refractivity contribution in [3.05, 3.63) is 70.3 Å². The molecule has 5 heterocycles. The second kappa shape index (κ2) is 14.4. The number of anilines is 1. The van der Waals surface area contributed by atoms with E-state index in [4.69, 9.17) is 9.15 Å². The molecular formula is C40H46FN7O5. The molecule has 53 heavy (non-hydrogen) atoms. The van der Waals surface area contributed by atoms with Crippen LogP contribution in [0.15, 0.2) is 57.9 Å². The Morgan fingerprint density at radius 2 is 1.79 bits per heavy atom. The van der Waals surface area contributed by atoms with Gasteiger partial charge in [-0.3, -0.25) is 14.4 Å². The molecule has 2 N–H and O–H groups in total. The molecule has 5 aromatic rings. The minimum absolute atomic E-state index is 0.0185. The summed E-state index contributed by atoms with van der Waals surface area (Å²) in [4.78, 5) is 49.1. The third-order valence-corrected chi connectivity index (χ3v) is 10.8. The van der Waals surface area contributed by atoms with Gasteiger partial charge in [-0.1, -0.05) is 18.2 Å². The molecule has 2 aromatic heterocycles. The van der Waals surface area contributed by atoms with Crippen LogP contribution < -0.4 is 25.7 Å². The number of rotatable bonds is 11. The van der Waals surface area contributed by atoms with Crippen molar-refractivity contribution in [1.82, 2.24) is 29.9 Å². The monoisotopic (exact) mass is 723 g/mol.